The smallest absolute Gasteiger partial charge is 0.0393 e. The fraction of sp³-hybridized carbons (Fsp3) is 0.571. The van der Waals surface area contributed by atoms with Gasteiger partial charge < -0.3 is 10.2 Å². The topological polar surface area (TPSA) is 15.3 Å². The normalized spacial score (nSPS) is 12.6. The van der Waals surface area contributed by atoms with Gasteiger partial charge >= 0.3 is 0 Å². The standard InChI is InChI=1S/C14H24N2/c1-11-6-7-14(12(2)10-11)16(5)9-8-13(3)15-4/h6-7,10,13,15H,8-9H2,1-5H3. The van der Waals surface area contributed by atoms with Gasteiger partial charge in [0.05, 0.1) is 0 Å². The first-order valence-electron chi connectivity index (χ1n) is 6.00. The third-order valence-corrected chi connectivity index (χ3v) is 3.15. The van der Waals surface area contributed by atoms with Gasteiger partial charge in [-0.15, -0.1) is 0 Å². The van der Waals surface area contributed by atoms with Crippen molar-refractivity contribution in [3.8, 4) is 0 Å². The lowest BCUT2D eigenvalue weighted by atomic mass is 10.1. The number of anilines is 1. The van der Waals surface area contributed by atoms with Crippen LogP contribution in [0.25, 0.3) is 0 Å². The average Bonchev–Trinajstić information content (AvgIpc) is 2.25. The molecule has 16 heavy (non-hydrogen) atoms. The van der Waals surface area contributed by atoms with E-state index in [1.54, 1.807) is 0 Å². The summed E-state index contributed by atoms with van der Waals surface area (Å²) in [6.45, 7) is 7.63. The maximum Gasteiger partial charge on any atom is 0.0393 e. The van der Waals surface area contributed by atoms with E-state index in [1.165, 1.54) is 23.2 Å². The molecule has 0 bridgehead atoms. The molecule has 0 saturated heterocycles. The van der Waals surface area contributed by atoms with Crippen LogP contribution in [0.5, 0.6) is 0 Å². The molecule has 0 radical (unpaired) electrons. The van der Waals surface area contributed by atoms with Crippen molar-refractivity contribution in [3.63, 3.8) is 0 Å². The second kappa shape index (κ2) is 5.90. The van der Waals surface area contributed by atoms with Crippen molar-refractivity contribution in [2.75, 3.05) is 25.5 Å². The summed E-state index contributed by atoms with van der Waals surface area (Å²) in [5.41, 5.74) is 4.03. The summed E-state index contributed by atoms with van der Waals surface area (Å²) < 4.78 is 0. The molecule has 1 aromatic rings. The van der Waals surface area contributed by atoms with Gasteiger partial charge in [0.1, 0.15) is 0 Å². The lowest BCUT2D eigenvalue weighted by Crippen LogP contribution is -2.28. The van der Waals surface area contributed by atoms with Crippen LogP contribution in [0, 0.1) is 13.8 Å². The molecule has 0 aromatic heterocycles. The van der Waals surface area contributed by atoms with Crippen LogP contribution in [-0.4, -0.2) is 26.7 Å². The largest absolute Gasteiger partial charge is 0.374 e. The number of hydrogen-bond donors (Lipinski definition) is 1. The molecule has 2 nitrogen and oxygen atoms in total. The highest BCUT2D eigenvalue weighted by atomic mass is 15.1. The second-order valence-electron chi connectivity index (χ2n) is 4.69. The fourth-order valence-corrected chi connectivity index (χ4v) is 1.89. The summed E-state index contributed by atoms with van der Waals surface area (Å²) in [5, 5.41) is 3.27. The fourth-order valence-electron chi connectivity index (χ4n) is 1.89. The highest BCUT2D eigenvalue weighted by Crippen LogP contribution is 2.20. The Balaban J connectivity index is 2.62. The summed E-state index contributed by atoms with van der Waals surface area (Å²) >= 11 is 0. The zero-order chi connectivity index (χ0) is 12.1. The summed E-state index contributed by atoms with van der Waals surface area (Å²) in [4.78, 5) is 2.34. The summed E-state index contributed by atoms with van der Waals surface area (Å²) in [7, 11) is 4.18. The van der Waals surface area contributed by atoms with E-state index >= 15 is 0 Å². The van der Waals surface area contributed by atoms with E-state index in [0.717, 1.165) is 6.54 Å². The first kappa shape index (κ1) is 13.0. The van der Waals surface area contributed by atoms with E-state index in [0.29, 0.717) is 6.04 Å². The molecule has 0 spiro atoms. The van der Waals surface area contributed by atoms with Gasteiger partial charge in [-0.1, -0.05) is 17.7 Å². The Morgan fingerprint density at radius 3 is 2.56 bits per heavy atom. The van der Waals surface area contributed by atoms with Crippen LogP contribution < -0.4 is 10.2 Å². The van der Waals surface area contributed by atoms with E-state index < -0.39 is 0 Å². The molecule has 0 aliphatic heterocycles. The Kier molecular flexibility index (Phi) is 4.81. The highest BCUT2D eigenvalue weighted by molar-refractivity contribution is 5.53. The van der Waals surface area contributed by atoms with Gasteiger partial charge in [-0.2, -0.15) is 0 Å². The SMILES string of the molecule is CNC(C)CCN(C)c1ccc(C)cc1C. The molecule has 0 amide bonds. The van der Waals surface area contributed by atoms with Crippen molar-refractivity contribution < 1.29 is 0 Å². The van der Waals surface area contributed by atoms with E-state index in [-0.39, 0.29) is 0 Å². The molecule has 1 atom stereocenters. The quantitative estimate of drug-likeness (QED) is 0.821. The average molecular weight is 220 g/mol. The van der Waals surface area contributed by atoms with Crippen LogP contribution in [0.1, 0.15) is 24.5 Å². The first-order chi connectivity index (χ1) is 7.54. The van der Waals surface area contributed by atoms with Gasteiger partial charge in [0.15, 0.2) is 0 Å². The Bertz CT molecular complexity index is 334. The van der Waals surface area contributed by atoms with Gasteiger partial charge in [-0.3, -0.25) is 0 Å². The van der Waals surface area contributed by atoms with Gasteiger partial charge in [0, 0.05) is 25.3 Å². The minimum Gasteiger partial charge on any atom is -0.374 e. The Labute approximate surface area is 99.7 Å². The van der Waals surface area contributed by atoms with E-state index in [4.69, 9.17) is 0 Å². The third kappa shape index (κ3) is 3.53. The Morgan fingerprint density at radius 1 is 1.31 bits per heavy atom. The molecular weight excluding hydrogens is 196 g/mol. The van der Waals surface area contributed by atoms with Gasteiger partial charge in [-0.25, -0.2) is 0 Å². The molecule has 90 valence electrons. The van der Waals surface area contributed by atoms with E-state index in [1.807, 2.05) is 7.05 Å². The zero-order valence-corrected chi connectivity index (χ0v) is 11.2. The van der Waals surface area contributed by atoms with Crippen molar-refractivity contribution in [2.45, 2.75) is 33.2 Å². The molecule has 0 aliphatic carbocycles. The molecule has 0 saturated carbocycles. The van der Waals surface area contributed by atoms with Crippen LogP contribution in [0.3, 0.4) is 0 Å². The predicted octanol–water partition coefficient (Wildman–Crippen LogP) is 2.74. The van der Waals surface area contributed by atoms with Gasteiger partial charge in [-0.05, 0) is 45.9 Å². The van der Waals surface area contributed by atoms with Crippen molar-refractivity contribution >= 4 is 5.69 Å². The predicted molar refractivity (Wildman–Crippen MR) is 72.3 cm³/mol. The van der Waals surface area contributed by atoms with Gasteiger partial charge in [0.25, 0.3) is 0 Å². The number of hydrogen-bond acceptors (Lipinski definition) is 2. The first-order valence-corrected chi connectivity index (χ1v) is 6.00. The molecule has 0 fully saturated rings. The van der Waals surface area contributed by atoms with Crippen LogP contribution in [0.4, 0.5) is 5.69 Å². The monoisotopic (exact) mass is 220 g/mol. The maximum atomic E-state index is 3.27. The number of aryl methyl sites for hydroxylation is 2. The number of nitrogens with zero attached hydrogens (tertiary/aromatic N) is 1. The Hall–Kier alpha value is -1.02. The number of nitrogens with one attached hydrogen (secondary N) is 1. The minimum absolute atomic E-state index is 0.577. The molecule has 1 unspecified atom stereocenters. The van der Waals surface area contributed by atoms with E-state index in [9.17, 15) is 0 Å². The molecule has 2 heteroatoms. The molecule has 1 N–H and O–H groups in total. The lowest BCUT2D eigenvalue weighted by molar-refractivity contribution is 0.564. The van der Waals surface area contributed by atoms with Gasteiger partial charge in [0.2, 0.25) is 0 Å². The number of benzene rings is 1. The van der Waals surface area contributed by atoms with Crippen LogP contribution >= 0.6 is 0 Å². The molecule has 1 rings (SSSR count). The van der Waals surface area contributed by atoms with E-state index in [2.05, 4.69) is 56.2 Å². The Morgan fingerprint density at radius 2 is 2.00 bits per heavy atom. The van der Waals surface area contributed by atoms with Crippen LogP contribution in [0.2, 0.25) is 0 Å². The summed E-state index contributed by atoms with van der Waals surface area (Å²) in [6.07, 6.45) is 1.17. The second-order valence-corrected chi connectivity index (χ2v) is 4.69. The maximum absolute atomic E-state index is 3.27. The van der Waals surface area contributed by atoms with Crippen molar-refractivity contribution in [1.29, 1.82) is 0 Å². The van der Waals surface area contributed by atoms with Crippen molar-refractivity contribution in [3.05, 3.63) is 29.3 Å². The summed E-state index contributed by atoms with van der Waals surface area (Å²) in [5.74, 6) is 0. The van der Waals surface area contributed by atoms with Crippen LogP contribution in [-0.2, 0) is 0 Å². The lowest BCUT2D eigenvalue weighted by Gasteiger charge is -2.23. The molecular formula is C14H24N2. The number of rotatable bonds is 5. The van der Waals surface area contributed by atoms with Crippen LogP contribution in [0.15, 0.2) is 18.2 Å². The molecule has 0 aliphatic rings. The highest BCUT2D eigenvalue weighted by Gasteiger charge is 2.06. The molecule has 1 aromatic carbocycles. The van der Waals surface area contributed by atoms with Crippen molar-refractivity contribution in [2.24, 2.45) is 0 Å². The zero-order valence-electron chi connectivity index (χ0n) is 11.2. The third-order valence-electron chi connectivity index (χ3n) is 3.15. The van der Waals surface area contributed by atoms with Crippen molar-refractivity contribution in [1.82, 2.24) is 5.32 Å². The summed E-state index contributed by atoms with van der Waals surface area (Å²) in [6, 6.07) is 7.22. The minimum atomic E-state index is 0.577. The molecule has 0 heterocycles.